The minimum absolute atomic E-state index is 0.0914. The van der Waals surface area contributed by atoms with E-state index in [4.69, 9.17) is 0 Å². The molecule has 0 heterocycles. The van der Waals surface area contributed by atoms with Crippen LogP contribution in [0, 0.1) is 0 Å². The molecule has 2 heteroatoms. The average Bonchev–Trinajstić information content (AvgIpc) is 2.44. The second kappa shape index (κ2) is 3.47. The monoisotopic (exact) mass is 230 g/mol. The Morgan fingerprint density at radius 2 is 1.28 bits per heavy atom. The first-order chi connectivity index (χ1) is 8.88. The van der Waals surface area contributed by atoms with Gasteiger partial charge in [-0.1, -0.05) is 54.6 Å². The Morgan fingerprint density at radius 3 is 2.00 bits per heavy atom. The van der Waals surface area contributed by atoms with Crippen molar-refractivity contribution < 1.29 is 5.02 Å². The summed E-state index contributed by atoms with van der Waals surface area (Å²) in [4.78, 5) is 0. The van der Waals surface area contributed by atoms with Gasteiger partial charge in [0.15, 0.2) is 0 Å². The minimum atomic E-state index is 0.0914. The van der Waals surface area contributed by atoms with Crippen LogP contribution in [0.25, 0.3) is 32.3 Å². The topological polar surface area (TPSA) is 20.2 Å². The molecular weight excluding hydrogens is 219 g/mol. The summed E-state index contributed by atoms with van der Waals surface area (Å²) in [6, 6.07) is 19.1. The van der Waals surface area contributed by atoms with Crippen LogP contribution in [-0.4, -0.2) is 12.5 Å². The molecule has 0 aliphatic heterocycles. The Balaban J connectivity index is 2.40. The molecule has 4 aromatic rings. The van der Waals surface area contributed by atoms with Gasteiger partial charge in [0.05, 0.1) is 0 Å². The second-order valence-electron chi connectivity index (χ2n) is 4.74. The number of hydrogen-bond acceptors (Lipinski definition) is 1. The van der Waals surface area contributed by atoms with Gasteiger partial charge in [-0.3, -0.25) is 0 Å². The van der Waals surface area contributed by atoms with Crippen LogP contribution < -0.4 is 5.46 Å². The summed E-state index contributed by atoms with van der Waals surface area (Å²) in [5, 5.41) is 17.0. The van der Waals surface area contributed by atoms with Crippen LogP contribution in [0.1, 0.15) is 0 Å². The normalized spacial score (nSPS) is 11.6. The quantitative estimate of drug-likeness (QED) is 0.393. The van der Waals surface area contributed by atoms with E-state index in [2.05, 4.69) is 48.5 Å². The Hall–Kier alpha value is -2.06. The molecule has 0 atom stereocenters. The standard InChI is InChI=1S/C16H11BO/c18-17-14-9-7-12-5-4-10-2-1-3-11-6-8-13(14)16(12)15(10)11/h1-9,17-18H. The SMILES string of the molecule is OBc1ccc2ccc3cccc4ccc1c2c34. The smallest absolute Gasteiger partial charge is 0.305 e. The fourth-order valence-corrected chi connectivity index (χ4v) is 2.93. The highest BCUT2D eigenvalue weighted by Gasteiger charge is 2.10. The molecule has 0 aromatic heterocycles. The first-order valence-electron chi connectivity index (χ1n) is 6.15. The lowest BCUT2D eigenvalue weighted by molar-refractivity contribution is 0.616. The van der Waals surface area contributed by atoms with E-state index in [-0.39, 0.29) is 7.48 Å². The van der Waals surface area contributed by atoms with Gasteiger partial charge in [0, 0.05) is 0 Å². The molecule has 84 valence electrons. The predicted octanol–water partition coefficient (Wildman–Crippen LogP) is 2.55. The molecule has 0 aliphatic rings. The van der Waals surface area contributed by atoms with Crippen LogP contribution in [-0.2, 0) is 0 Å². The van der Waals surface area contributed by atoms with Gasteiger partial charge >= 0.3 is 7.48 Å². The molecule has 0 unspecified atom stereocenters. The van der Waals surface area contributed by atoms with Gasteiger partial charge in [0.1, 0.15) is 0 Å². The molecule has 18 heavy (non-hydrogen) atoms. The molecule has 0 saturated heterocycles. The minimum Gasteiger partial charge on any atom is -0.449 e. The van der Waals surface area contributed by atoms with Crippen LogP contribution in [0.4, 0.5) is 0 Å². The average molecular weight is 230 g/mol. The highest BCUT2D eigenvalue weighted by molar-refractivity contribution is 6.51. The van der Waals surface area contributed by atoms with Crippen LogP contribution in [0.3, 0.4) is 0 Å². The van der Waals surface area contributed by atoms with Crippen molar-refractivity contribution in [2.45, 2.75) is 0 Å². The van der Waals surface area contributed by atoms with Crippen molar-refractivity contribution in [3.05, 3.63) is 54.6 Å². The maximum atomic E-state index is 9.47. The maximum absolute atomic E-state index is 9.47. The molecule has 0 radical (unpaired) electrons. The van der Waals surface area contributed by atoms with Gasteiger partial charge in [-0.2, -0.15) is 0 Å². The Bertz CT molecular complexity index is 851. The second-order valence-corrected chi connectivity index (χ2v) is 4.74. The van der Waals surface area contributed by atoms with Crippen molar-refractivity contribution in [2.75, 3.05) is 0 Å². The Labute approximate surface area is 105 Å². The zero-order valence-corrected chi connectivity index (χ0v) is 9.85. The molecule has 1 nitrogen and oxygen atoms in total. The lowest BCUT2D eigenvalue weighted by Crippen LogP contribution is -2.14. The van der Waals surface area contributed by atoms with Crippen molar-refractivity contribution in [3.63, 3.8) is 0 Å². The maximum Gasteiger partial charge on any atom is 0.305 e. The summed E-state index contributed by atoms with van der Waals surface area (Å²) in [6.07, 6.45) is 0. The number of rotatable bonds is 1. The highest BCUT2D eigenvalue weighted by atomic mass is 16.2. The van der Waals surface area contributed by atoms with Gasteiger partial charge in [0.25, 0.3) is 0 Å². The van der Waals surface area contributed by atoms with E-state index >= 15 is 0 Å². The number of hydrogen-bond donors (Lipinski definition) is 1. The molecule has 0 fully saturated rings. The van der Waals surface area contributed by atoms with Crippen LogP contribution in [0.2, 0.25) is 0 Å². The molecule has 4 rings (SSSR count). The lowest BCUT2D eigenvalue weighted by atomic mass is 9.81. The summed E-state index contributed by atoms with van der Waals surface area (Å²) in [7, 11) is 0.0914. The molecule has 0 saturated carbocycles. The third-order valence-electron chi connectivity index (χ3n) is 3.79. The van der Waals surface area contributed by atoms with E-state index in [1.165, 1.54) is 32.3 Å². The first kappa shape index (κ1) is 9.92. The van der Waals surface area contributed by atoms with Crippen molar-refractivity contribution in [3.8, 4) is 0 Å². The van der Waals surface area contributed by atoms with Crippen LogP contribution >= 0.6 is 0 Å². The van der Waals surface area contributed by atoms with E-state index in [1.807, 2.05) is 6.07 Å². The Kier molecular flexibility index (Phi) is 1.91. The first-order valence-corrected chi connectivity index (χ1v) is 6.15. The third kappa shape index (κ3) is 1.16. The van der Waals surface area contributed by atoms with Crippen molar-refractivity contribution in [1.29, 1.82) is 0 Å². The molecule has 0 amide bonds. The molecule has 1 N–H and O–H groups in total. The van der Waals surface area contributed by atoms with Gasteiger partial charge in [-0.05, 0) is 37.8 Å². The van der Waals surface area contributed by atoms with E-state index in [9.17, 15) is 5.02 Å². The van der Waals surface area contributed by atoms with Crippen LogP contribution in [0.5, 0.6) is 0 Å². The molecular formula is C16H11BO. The molecule has 4 aromatic carbocycles. The summed E-state index contributed by atoms with van der Waals surface area (Å²) >= 11 is 0. The predicted molar refractivity (Wildman–Crippen MR) is 79.1 cm³/mol. The zero-order chi connectivity index (χ0) is 12.1. The van der Waals surface area contributed by atoms with Crippen molar-refractivity contribution in [1.82, 2.24) is 0 Å². The van der Waals surface area contributed by atoms with E-state index in [0.717, 1.165) is 5.46 Å². The molecule has 0 aliphatic carbocycles. The van der Waals surface area contributed by atoms with Gasteiger partial charge in [-0.15, -0.1) is 0 Å². The summed E-state index contributed by atoms with van der Waals surface area (Å²) in [5.74, 6) is 0. The van der Waals surface area contributed by atoms with Crippen molar-refractivity contribution >= 4 is 45.3 Å². The summed E-state index contributed by atoms with van der Waals surface area (Å²) in [5.41, 5.74) is 1.00. The van der Waals surface area contributed by atoms with Crippen molar-refractivity contribution in [2.24, 2.45) is 0 Å². The van der Waals surface area contributed by atoms with Gasteiger partial charge < -0.3 is 5.02 Å². The summed E-state index contributed by atoms with van der Waals surface area (Å²) < 4.78 is 0. The van der Waals surface area contributed by atoms with Gasteiger partial charge in [0.2, 0.25) is 0 Å². The van der Waals surface area contributed by atoms with E-state index in [1.54, 1.807) is 0 Å². The Morgan fingerprint density at radius 1 is 0.667 bits per heavy atom. The van der Waals surface area contributed by atoms with Crippen LogP contribution in [0.15, 0.2) is 54.6 Å². The van der Waals surface area contributed by atoms with E-state index in [0.29, 0.717) is 0 Å². The summed E-state index contributed by atoms with van der Waals surface area (Å²) in [6.45, 7) is 0. The number of benzene rings is 4. The molecule has 0 bridgehead atoms. The lowest BCUT2D eigenvalue weighted by Gasteiger charge is -2.12. The van der Waals surface area contributed by atoms with E-state index < -0.39 is 0 Å². The fraction of sp³-hybridized carbons (Fsp3) is 0. The third-order valence-corrected chi connectivity index (χ3v) is 3.79. The molecule has 0 spiro atoms. The zero-order valence-electron chi connectivity index (χ0n) is 9.85. The highest BCUT2D eigenvalue weighted by Crippen LogP contribution is 2.33. The largest absolute Gasteiger partial charge is 0.449 e. The fourth-order valence-electron chi connectivity index (χ4n) is 2.93. The van der Waals surface area contributed by atoms with Gasteiger partial charge in [-0.25, -0.2) is 0 Å².